The molecular weight excluding hydrogens is 402 g/mol. The number of rotatable bonds is 8. The molecule has 0 aliphatic heterocycles. The fraction of sp³-hybridized carbons (Fsp3) is 0.333. The van der Waals surface area contributed by atoms with Gasteiger partial charge in [-0.2, -0.15) is 0 Å². The van der Waals surface area contributed by atoms with Crippen LogP contribution in [0.4, 0.5) is 8.78 Å². The maximum atomic E-state index is 13.8. The van der Waals surface area contributed by atoms with Gasteiger partial charge in [0.15, 0.2) is 0 Å². The number of ether oxygens (including phenoxy) is 1. The molecule has 2 amide bonds. The number of carbonyl (C=O) groups is 2. The Kier molecular flexibility index (Phi) is 7.96. The van der Waals surface area contributed by atoms with E-state index in [0.717, 1.165) is 12.1 Å². The Morgan fingerprint density at radius 2 is 1.72 bits per heavy atom. The van der Waals surface area contributed by atoms with Crippen LogP contribution in [-0.2, 0) is 4.79 Å². The van der Waals surface area contributed by atoms with E-state index in [1.165, 1.54) is 11.0 Å². The summed E-state index contributed by atoms with van der Waals surface area (Å²) in [6.07, 6.45) is 0. The summed E-state index contributed by atoms with van der Waals surface area (Å²) in [6.45, 7) is 3.88. The number of hydrogen-bond acceptors (Lipinski definition) is 3. The standard InChI is InChI=1S/C21H23ClF2N2O3/c1-13(2)19(25-20(27)18-15(23)8-6-9-16(18)24)21(28)26(3)11-12-29-17-10-5-4-7-14(17)22/h4-10,13,19H,11-12H2,1-3H3,(H,25,27)/t19-/m0/s1. The molecule has 2 rings (SSSR count). The van der Waals surface area contributed by atoms with Gasteiger partial charge in [0.2, 0.25) is 5.91 Å². The molecule has 1 atom stereocenters. The van der Waals surface area contributed by atoms with E-state index in [0.29, 0.717) is 10.8 Å². The van der Waals surface area contributed by atoms with Crippen LogP contribution >= 0.6 is 11.6 Å². The highest BCUT2D eigenvalue weighted by molar-refractivity contribution is 6.32. The minimum atomic E-state index is -0.987. The SMILES string of the molecule is CC(C)[C@H](NC(=O)c1c(F)cccc1F)C(=O)N(C)CCOc1ccccc1Cl. The Morgan fingerprint density at radius 3 is 2.31 bits per heavy atom. The van der Waals surface area contributed by atoms with Gasteiger partial charge < -0.3 is 15.0 Å². The topological polar surface area (TPSA) is 58.6 Å². The lowest BCUT2D eigenvalue weighted by atomic mass is 10.0. The Bertz CT molecular complexity index is 857. The molecule has 1 N–H and O–H groups in total. The minimum Gasteiger partial charge on any atom is -0.490 e. The molecule has 0 bridgehead atoms. The number of para-hydroxylation sites is 1. The van der Waals surface area contributed by atoms with Crippen molar-refractivity contribution in [2.75, 3.05) is 20.2 Å². The average Bonchev–Trinajstić information content (AvgIpc) is 2.66. The Hall–Kier alpha value is -2.67. The maximum absolute atomic E-state index is 13.8. The van der Waals surface area contributed by atoms with Crippen LogP contribution in [0, 0.1) is 17.6 Å². The van der Waals surface area contributed by atoms with Gasteiger partial charge in [-0.05, 0) is 30.2 Å². The molecule has 0 aromatic heterocycles. The van der Waals surface area contributed by atoms with Gasteiger partial charge in [0.05, 0.1) is 11.6 Å². The maximum Gasteiger partial charge on any atom is 0.257 e. The monoisotopic (exact) mass is 424 g/mol. The van der Waals surface area contributed by atoms with E-state index in [1.54, 1.807) is 45.2 Å². The molecule has 0 fully saturated rings. The average molecular weight is 425 g/mol. The van der Waals surface area contributed by atoms with Gasteiger partial charge in [0.25, 0.3) is 5.91 Å². The smallest absolute Gasteiger partial charge is 0.257 e. The fourth-order valence-corrected chi connectivity index (χ4v) is 2.83. The number of nitrogens with zero attached hydrogens (tertiary/aromatic N) is 1. The summed E-state index contributed by atoms with van der Waals surface area (Å²) >= 11 is 6.02. The van der Waals surface area contributed by atoms with Gasteiger partial charge in [-0.15, -0.1) is 0 Å². The molecule has 2 aromatic carbocycles. The van der Waals surface area contributed by atoms with Crippen molar-refractivity contribution in [3.63, 3.8) is 0 Å². The molecule has 29 heavy (non-hydrogen) atoms. The zero-order chi connectivity index (χ0) is 21.6. The molecule has 0 heterocycles. The summed E-state index contributed by atoms with van der Waals surface area (Å²) in [5.41, 5.74) is -0.712. The molecule has 0 saturated heterocycles. The van der Waals surface area contributed by atoms with Crippen molar-refractivity contribution in [2.24, 2.45) is 5.92 Å². The molecule has 2 aromatic rings. The van der Waals surface area contributed by atoms with E-state index in [4.69, 9.17) is 16.3 Å². The highest BCUT2D eigenvalue weighted by Gasteiger charge is 2.29. The van der Waals surface area contributed by atoms with E-state index < -0.39 is 35.1 Å². The van der Waals surface area contributed by atoms with Crippen molar-refractivity contribution in [3.05, 3.63) is 64.7 Å². The molecule has 0 saturated carbocycles. The first kappa shape index (κ1) is 22.6. The zero-order valence-corrected chi connectivity index (χ0v) is 17.2. The molecule has 5 nitrogen and oxygen atoms in total. The van der Waals surface area contributed by atoms with E-state index in [1.807, 2.05) is 0 Å². The molecule has 0 spiro atoms. The number of likely N-dealkylation sites (N-methyl/N-ethyl adjacent to an activating group) is 1. The van der Waals surface area contributed by atoms with Crippen LogP contribution in [0.1, 0.15) is 24.2 Å². The van der Waals surface area contributed by atoms with Crippen molar-refractivity contribution < 1.29 is 23.1 Å². The van der Waals surface area contributed by atoms with Gasteiger partial charge in [-0.1, -0.05) is 43.6 Å². The van der Waals surface area contributed by atoms with Gasteiger partial charge in [0, 0.05) is 7.05 Å². The largest absolute Gasteiger partial charge is 0.490 e. The van der Waals surface area contributed by atoms with Crippen LogP contribution in [0.5, 0.6) is 5.75 Å². The van der Waals surface area contributed by atoms with Crippen molar-refractivity contribution in [1.82, 2.24) is 10.2 Å². The Morgan fingerprint density at radius 1 is 1.10 bits per heavy atom. The summed E-state index contributed by atoms with van der Waals surface area (Å²) < 4.78 is 33.3. The fourth-order valence-electron chi connectivity index (χ4n) is 2.64. The van der Waals surface area contributed by atoms with Crippen LogP contribution in [-0.4, -0.2) is 43.0 Å². The van der Waals surface area contributed by atoms with Gasteiger partial charge >= 0.3 is 0 Å². The quantitative estimate of drug-likeness (QED) is 0.699. The van der Waals surface area contributed by atoms with E-state index in [2.05, 4.69) is 5.32 Å². The van der Waals surface area contributed by atoms with Crippen LogP contribution < -0.4 is 10.1 Å². The summed E-state index contributed by atoms with van der Waals surface area (Å²) in [5.74, 6) is -3.15. The second kappa shape index (κ2) is 10.2. The summed E-state index contributed by atoms with van der Waals surface area (Å²) in [7, 11) is 1.56. The van der Waals surface area contributed by atoms with Crippen molar-refractivity contribution in [1.29, 1.82) is 0 Å². The van der Waals surface area contributed by atoms with Crippen LogP contribution in [0.2, 0.25) is 5.02 Å². The number of nitrogens with one attached hydrogen (secondary N) is 1. The van der Waals surface area contributed by atoms with Gasteiger partial charge in [0.1, 0.15) is 35.6 Å². The second-order valence-corrected chi connectivity index (χ2v) is 7.24. The number of hydrogen-bond donors (Lipinski definition) is 1. The normalized spacial score (nSPS) is 11.8. The number of benzene rings is 2. The Labute approximate surface area is 173 Å². The van der Waals surface area contributed by atoms with Gasteiger partial charge in [-0.3, -0.25) is 9.59 Å². The predicted octanol–water partition coefficient (Wildman–Crippen LogP) is 3.91. The van der Waals surface area contributed by atoms with Gasteiger partial charge in [-0.25, -0.2) is 8.78 Å². The highest BCUT2D eigenvalue weighted by Crippen LogP contribution is 2.23. The number of amides is 2. The number of halogens is 3. The molecule has 0 aliphatic carbocycles. The van der Waals surface area contributed by atoms with Crippen LogP contribution in [0.15, 0.2) is 42.5 Å². The third-order valence-corrected chi connectivity index (χ3v) is 4.62. The second-order valence-electron chi connectivity index (χ2n) is 6.83. The van der Waals surface area contributed by atoms with Crippen molar-refractivity contribution in [3.8, 4) is 5.75 Å². The summed E-state index contributed by atoms with van der Waals surface area (Å²) in [5, 5.41) is 2.90. The lowest BCUT2D eigenvalue weighted by Crippen LogP contribution is -2.51. The van der Waals surface area contributed by atoms with E-state index in [9.17, 15) is 18.4 Å². The van der Waals surface area contributed by atoms with E-state index >= 15 is 0 Å². The highest BCUT2D eigenvalue weighted by atomic mass is 35.5. The molecule has 0 unspecified atom stereocenters. The third kappa shape index (κ3) is 5.90. The molecule has 0 radical (unpaired) electrons. The summed E-state index contributed by atoms with van der Waals surface area (Å²) in [4.78, 5) is 26.5. The van der Waals surface area contributed by atoms with Crippen LogP contribution in [0.25, 0.3) is 0 Å². The molecule has 156 valence electrons. The van der Waals surface area contributed by atoms with Crippen molar-refractivity contribution >= 4 is 23.4 Å². The molecular formula is C21H23ClF2N2O3. The lowest BCUT2D eigenvalue weighted by molar-refractivity contribution is -0.133. The molecule has 0 aliphatic rings. The third-order valence-electron chi connectivity index (χ3n) is 4.31. The Balaban J connectivity index is 2.01. The first-order valence-corrected chi connectivity index (χ1v) is 9.47. The van der Waals surface area contributed by atoms with Crippen LogP contribution in [0.3, 0.4) is 0 Å². The lowest BCUT2D eigenvalue weighted by Gasteiger charge is -2.27. The van der Waals surface area contributed by atoms with E-state index in [-0.39, 0.29) is 19.1 Å². The predicted molar refractivity (Wildman–Crippen MR) is 107 cm³/mol. The summed E-state index contributed by atoms with van der Waals surface area (Å²) in [6, 6.07) is 9.15. The minimum absolute atomic E-state index is 0.187. The molecule has 8 heteroatoms. The zero-order valence-electron chi connectivity index (χ0n) is 16.4. The number of carbonyl (C=O) groups excluding carboxylic acids is 2. The first-order chi connectivity index (χ1) is 13.7. The first-order valence-electron chi connectivity index (χ1n) is 9.09. The van der Waals surface area contributed by atoms with Crippen molar-refractivity contribution in [2.45, 2.75) is 19.9 Å².